The number of alkyl halides is 1. The number of hydrogen-bond donors (Lipinski definition) is 1. The lowest BCUT2D eigenvalue weighted by molar-refractivity contribution is 0.0526. The monoisotopic (exact) mass is 598 g/mol. The van der Waals surface area contributed by atoms with Crippen LogP contribution in [0.4, 0.5) is 15.3 Å². The van der Waals surface area contributed by atoms with E-state index < -0.39 is 29.8 Å². The van der Waals surface area contributed by atoms with Crippen molar-refractivity contribution in [3.05, 3.63) is 58.5 Å². The fourth-order valence-electron chi connectivity index (χ4n) is 4.24. The number of benzene rings is 1. The van der Waals surface area contributed by atoms with Gasteiger partial charge in [0.15, 0.2) is 11.6 Å². The van der Waals surface area contributed by atoms with E-state index >= 15 is 0 Å². The SMILES string of the molecule is CCCN(C(=O)OCCl)C(=O)c1cn2ncn(C(=O)OC(C)(C)C)c(=Nc3cc(C(=O)NC4CC4)ccc3C)c2c1C. The van der Waals surface area contributed by atoms with E-state index in [2.05, 4.69) is 10.4 Å². The third-order valence-corrected chi connectivity index (χ3v) is 6.60. The molecule has 0 atom stereocenters. The molecule has 3 aromatic rings. The van der Waals surface area contributed by atoms with Crippen molar-refractivity contribution in [1.82, 2.24) is 24.4 Å². The summed E-state index contributed by atoms with van der Waals surface area (Å²) in [6.07, 6.45) is 3.51. The molecule has 42 heavy (non-hydrogen) atoms. The molecule has 1 aliphatic rings. The van der Waals surface area contributed by atoms with Gasteiger partial charge in [-0.25, -0.2) is 28.6 Å². The Labute approximate surface area is 248 Å². The lowest BCUT2D eigenvalue weighted by Gasteiger charge is -2.20. The number of ether oxygens (including phenoxy) is 2. The Morgan fingerprint density at radius 1 is 1.19 bits per heavy atom. The minimum absolute atomic E-state index is 0.109. The zero-order valence-electron chi connectivity index (χ0n) is 24.6. The number of amides is 3. The second kappa shape index (κ2) is 12.4. The summed E-state index contributed by atoms with van der Waals surface area (Å²) in [4.78, 5) is 58.0. The first kappa shape index (κ1) is 30.8. The van der Waals surface area contributed by atoms with Crippen molar-refractivity contribution in [1.29, 1.82) is 0 Å². The number of fused-ring (bicyclic) bond motifs is 1. The molecule has 0 radical (unpaired) electrons. The minimum atomic E-state index is -0.870. The Balaban J connectivity index is 1.93. The predicted octanol–water partition coefficient (Wildman–Crippen LogP) is 4.85. The lowest BCUT2D eigenvalue weighted by Crippen LogP contribution is -2.38. The van der Waals surface area contributed by atoms with Gasteiger partial charge in [0.2, 0.25) is 0 Å². The molecule has 1 fully saturated rings. The summed E-state index contributed by atoms with van der Waals surface area (Å²) in [5, 5.41) is 7.31. The molecule has 1 saturated carbocycles. The van der Waals surface area contributed by atoms with Crippen molar-refractivity contribution >= 4 is 46.8 Å². The van der Waals surface area contributed by atoms with Gasteiger partial charge in [0.1, 0.15) is 17.4 Å². The normalized spacial score (nSPS) is 13.6. The van der Waals surface area contributed by atoms with E-state index in [1.807, 2.05) is 13.8 Å². The average Bonchev–Trinajstić information content (AvgIpc) is 3.67. The highest BCUT2D eigenvalue weighted by molar-refractivity contribution is 6.17. The Morgan fingerprint density at radius 2 is 1.90 bits per heavy atom. The van der Waals surface area contributed by atoms with Crippen LogP contribution in [-0.2, 0) is 9.47 Å². The number of imide groups is 1. The Morgan fingerprint density at radius 3 is 2.52 bits per heavy atom. The number of rotatable bonds is 7. The highest BCUT2D eigenvalue weighted by Crippen LogP contribution is 2.24. The summed E-state index contributed by atoms with van der Waals surface area (Å²) in [6.45, 7) is 10.7. The quantitative estimate of drug-likeness (QED) is 0.384. The van der Waals surface area contributed by atoms with Crippen LogP contribution < -0.4 is 10.8 Å². The van der Waals surface area contributed by atoms with Crippen LogP contribution in [0.15, 0.2) is 35.7 Å². The third kappa shape index (κ3) is 6.81. The highest BCUT2D eigenvalue weighted by Gasteiger charge is 2.29. The predicted molar refractivity (Wildman–Crippen MR) is 155 cm³/mol. The van der Waals surface area contributed by atoms with E-state index in [1.54, 1.807) is 45.9 Å². The average molecular weight is 599 g/mol. The molecule has 224 valence electrons. The van der Waals surface area contributed by atoms with Gasteiger partial charge in [-0.15, -0.1) is 0 Å². The summed E-state index contributed by atoms with van der Waals surface area (Å²) < 4.78 is 13.1. The van der Waals surface area contributed by atoms with Gasteiger partial charge < -0.3 is 14.8 Å². The highest BCUT2D eigenvalue weighted by atomic mass is 35.5. The summed E-state index contributed by atoms with van der Waals surface area (Å²) in [6, 6.07) is 4.93. The number of nitrogens with one attached hydrogen (secondary N) is 1. The van der Waals surface area contributed by atoms with E-state index in [4.69, 9.17) is 26.1 Å². The fraction of sp³-hybridized carbons (Fsp3) is 0.448. The fourth-order valence-corrected chi connectivity index (χ4v) is 4.33. The zero-order valence-corrected chi connectivity index (χ0v) is 25.3. The van der Waals surface area contributed by atoms with Crippen molar-refractivity contribution in [3.63, 3.8) is 0 Å². The maximum atomic E-state index is 13.6. The number of aromatic nitrogens is 3. The summed E-state index contributed by atoms with van der Waals surface area (Å²) >= 11 is 5.57. The lowest BCUT2D eigenvalue weighted by atomic mass is 10.1. The molecule has 13 heteroatoms. The maximum absolute atomic E-state index is 13.6. The molecule has 1 aromatic carbocycles. The van der Waals surface area contributed by atoms with Gasteiger partial charge in [-0.2, -0.15) is 5.10 Å². The molecule has 0 saturated heterocycles. The topological polar surface area (TPSA) is 137 Å². The first-order valence-electron chi connectivity index (χ1n) is 13.7. The Bertz CT molecular complexity index is 1610. The van der Waals surface area contributed by atoms with Gasteiger partial charge in [-0.05, 0) is 77.1 Å². The van der Waals surface area contributed by atoms with Crippen LogP contribution >= 0.6 is 11.6 Å². The molecule has 0 spiro atoms. The first-order chi connectivity index (χ1) is 19.8. The maximum Gasteiger partial charge on any atom is 0.421 e. The molecule has 12 nitrogen and oxygen atoms in total. The molecule has 0 unspecified atom stereocenters. The molecular formula is C29H35ClN6O6. The summed E-state index contributed by atoms with van der Waals surface area (Å²) in [7, 11) is 0. The van der Waals surface area contributed by atoms with E-state index in [-0.39, 0.29) is 29.5 Å². The van der Waals surface area contributed by atoms with Crippen LogP contribution in [0, 0.1) is 13.8 Å². The van der Waals surface area contributed by atoms with Crippen molar-refractivity contribution in [2.75, 3.05) is 12.6 Å². The van der Waals surface area contributed by atoms with E-state index in [0.717, 1.165) is 27.9 Å². The third-order valence-electron chi connectivity index (χ3n) is 6.49. The number of carbonyl (C=O) groups is 4. The van der Waals surface area contributed by atoms with Crippen molar-refractivity contribution < 1.29 is 28.7 Å². The van der Waals surface area contributed by atoms with Gasteiger partial charge in [0.25, 0.3) is 11.8 Å². The number of hydrogen-bond acceptors (Lipinski definition) is 8. The van der Waals surface area contributed by atoms with Crippen LogP contribution in [-0.4, -0.2) is 67.3 Å². The Hall–Kier alpha value is -4.19. The van der Waals surface area contributed by atoms with Crippen LogP contribution in [0.2, 0.25) is 0 Å². The van der Waals surface area contributed by atoms with Crippen LogP contribution in [0.1, 0.15) is 78.8 Å². The van der Waals surface area contributed by atoms with Gasteiger partial charge in [0, 0.05) is 24.3 Å². The second-order valence-electron chi connectivity index (χ2n) is 11.1. The van der Waals surface area contributed by atoms with E-state index in [1.165, 1.54) is 17.0 Å². The largest absolute Gasteiger partial charge is 0.443 e. The van der Waals surface area contributed by atoms with E-state index in [9.17, 15) is 19.2 Å². The molecule has 4 rings (SSSR count). The standard InChI is InChI=1S/C29H35ClN6O6/c1-7-12-34(27(39)41-15-30)26(38)21-14-36-23(18(21)3)24(35(16-31-36)28(40)42-29(4,5)6)33-22-13-19(9-8-17(22)2)25(37)32-20-10-11-20/h8-9,13-14,16,20H,7,10-12,15H2,1-6H3,(H,32,37). The smallest absolute Gasteiger partial charge is 0.421 e. The van der Waals surface area contributed by atoms with Crippen LogP contribution in [0.3, 0.4) is 0 Å². The van der Waals surface area contributed by atoms with Crippen molar-refractivity contribution in [2.45, 2.75) is 72.4 Å². The van der Waals surface area contributed by atoms with Gasteiger partial charge in [-0.3, -0.25) is 9.59 Å². The van der Waals surface area contributed by atoms with Crippen LogP contribution in [0.5, 0.6) is 0 Å². The summed E-state index contributed by atoms with van der Waals surface area (Å²) in [5.74, 6) is -0.819. The Kier molecular flexibility index (Phi) is 9.05. The van der Waals surface area contributed by atoms with Crippen molar-refractivity contribution in [3.8, 4) is 0 Å². The molecule has 1 aliphatic carbocycles. The van der Waals surface area contributed by atoms with Gasteiger partial charge >= 0.3 is 12.2 Å². The number of aryl methyl sites for hydroxylation is 2. The molecule has 2 heterocycles. The molecule has 2 aromatic heterocycles. The van der Waals surface area contributed by atoms with Crippen LogP contribution in [0.25, 0.3) is 5.52 Å². The zero-order chi connectivity index (χ0) is 30.8. The van der Waals surface area contributed by atoms with Gasteiger partial charge in [0.05, 0.1) is 11.3 Å². The summed E-state index contributed by atoms with van der Waals surface area (Å²) in [5.41, 5.74) is 1.85. The van der Waals surface area contributed by atoms with Gasteiger partial charge in [-0.1, -0.05) is 24.6 Å². The van der Waals surface area contributed by atoms with Crippen molar-refractivity contribution in [2.24, 2.45) is 4.99 Å². The first-order valence-corrected chi connectivity index (χ1v) is 14.2. The number of carbonyl (C=O) groups excluding carboxylic acids is 4. The number of halogens is 1. The molecule has 1 N–H and O–H groups in total. The molecule has 0 aliphatic heterocycles. The molecule has 3 amide bonds. The molecule has 0 bridgehead atoms. The minimum Gasteiger partial charge on any atom is -0.443 e. The number of nitrogens with zero attached hydrogens (tertiary/aromatic N) is 5. The van der Waals surface area contributed by atoms with E-state index in [0.29, 0.717) is 28.8 Å². The second-order valence-corrected chi connectivity index (χ2v) is 11.3. The molecular weight excluding hydrogens is 564 g/mol.